The number of likely N-dealkylation sites (N-methyl/N-ethyl adjacent to an activating group) is 1. The fourth-order valence-corrected chi connectivity index (χ4v) is 3.13. The van der Waals surface area contributed by atoms with Gasteiger partial charge in [0.15, 0.2) is 0 Å². The van der Waals surface area contributed by atoms with Crippen molar-refractivity contribution in [2.75, 3.05) is 13.6 Å². The molecule has 18 heavy (non-hydrogen) atoms. The first kappa shape index (κ1) is 13.8. The minimum absolute atomic E-state index is 0.588. The third-order valence-corrected chi connectivity index (χ3v) is 4.58. The van der Waals surface area contributed by atoms with Crippen molar-refractivity contribution in [3.63, 3.8) is 0 Å². The lowest BCUT2D eigenvalue weighted by Crippen LogP contribution is -2.17. The van der Waals surface area contributed by atoms with Crippen LogP contribution in [0.5, 0.6) is 0 Å². The summed E-state index contributed by atoms with van der Waals surface area (Å²) in [5.74, 6) is 0.588. The molecule has 0 spiro atoms. The highest BCUT2D eigenvalue weighted by atomic mass is 79.9. The number of hydrogen-bond acceptors (Lipinski definition) is 2. The van der Waals surface area contributed by atoms with Crippen LogP contribution in [0.3, 0.4) is 0 Å². The van der Waals surface area contributed by atoms with Crippen molar-refractivity contribution in [1.29, 1.82) is 0 Å². The molecule has 0 aliphatic heterocycles. The van der Waals surface area contributed by atoms with Gasteiger partial charge in [-0.3, -0.25) is 0 Å². The van der Waals surface area contributed by atoms with E-state index in [1.807, 2.05) is 18.4 Å². The maximum Gasteiger partial charge on any atom is 0.0175 e. The van der Waals surface area contributed by atoms with Crippen LogP contribution in [0.15, 0.2) is 46.3 Å². The molecule has 1 atom stereocenters. The van der Waals surface area contributed by atoms with Gasteiger partial charge in [-0.25, -0.2) is 0 Å². The van der Waals surface area contributed by atoms with Gasteiger partial charge in [0.25, 0.3) is 0 Å². The number of thiophene rings is 1. The first-order valence-electron chi connectivity index (χ1n) is 6.22. The Morgan fingerprint density at radius 2 is 2.00 bits per heavy atom. The van der Waals surface area contributed by atoms with Gasteiger partial charge in [-0.15, -0.1) is 11.3 Å². The summed E-state index contributed by atoms with van der Waals surface area (Å²) in [4.78, 5) is 1.48. The summed E-state index contributed by atoms with van der Waals surface area (Å²) in [5.41, 5.74) is 1.42. The average Bonchev–Trinajstić information content (AvgIpc) is 2.89. The van der Waals surface area contributed by atoms with E-state index in [2.05, 4.69) is 63.0 Å². The molecule has 0 saturated carbocycles. The smallest absolute Gasteiger partial charge is 0.0175 e. The summed E-state index contributed by atoms with van der Waals surface area (Å²) in [6.07, 6.45) is 2.36. The fraction of sp³-hybridized carbons (Fsp3) is 0.333. The largest absolute Gasteiger partial charge is 0.319 e. The van der Waals surface area contributed by atoms with Gasteiger partial charge in [0.2, 0.25) is 0 Å². The summed E-state index contributed by atoms with van der Waals surface area (Å²) in [5, 5.41) is 5.46. The molecular formula is C15H18BrNS. The zero-order valence-electron chi connectivity index (χ0n) is 10.5. The monoisotopic (exact) mass is 323 g/mol. The predicted molar refractivity (Wildman–Crippen MR) is 83.4 cm³/mol. The maximum absolute atomic E-state index is 3.49. The van der Waals surface area contributed by atoms with Crippen molar-refractivity contribution in [2.24, 2.45) is 0 Å². The molecule has 1 aromatic heterocycles. The summed E-state index contributed by atoms with van der Waals surface area (Å²) >= 11 is 5.34. The van der Waals surface area contributed by atoms with Gasteiger partial charge in [-0.05, 0) is 54.9 Å². The lowest BCUT2D eigenvalue weighted by atomic mass is 9.94. The Morgan fingerprint density at radius 1 is 1.22 bits per heavy atom. The summed E-state index contributed by atoms with van der Waals surface area (Å²) in [6.45, 7) is 1.03. The standard InChI is InChI=1S/C15H18BrNS/c1-17-11-13(6-9-15-3-2-10-18-15)12-4-7-14(16)8-5-12/h2-5,7-8,10,13,17H,6,9,11H2,1H3. The minimum atomic E-state index is 0.588. The zero-order chi connectivity index (χ0) is 12.8. The van der Waals surface area contributed by atoms with Crippen molar-refractivity contribution in [2.45, 2.75) is 18.8 Å². The molecule has 1 aromatic carbocycles. The van der Waals surface area contributed by atoms with E-state index in [4.69, 9.17) is 0 Å². The van der Waals surface area contributed by atoms with E-state index in [-0.39, 0.29) is 0 Å². The molecule has 1 unspecified atom stereocenters. The van der Waals surface area contributed by atoms with Crippen LogP contribution < -0.4 is 5.32 Å². The fourth-order valence-electron chi connectivity index (χ4n) is 2.14. The molecule has 2 aromatic rings. The Labute approximate surface area is 121 Å². The molecule has 1 nitrogen and oxygen atoms in total. The molecule has 3 heteroatoms. The van der Waals surface area contributed by atoms with Gasteiger partial charge in [0, 0.05) is 15.9 Å². The lowest BCUT2D eigenvalue weighted by molar-refractivity contribution is 0.586. The molecule has 0 aliphatic carbocycles. The predicted octanol–water partition coefficient (Wildman–Crippen LogP) is 4.45. The summed E-state index contributed by atoms with van der Waals surface area (Å²) in [6, 6.07) is 13.1. The third kappa shape index (κ3) is 3.94. The second-order valence-electron chi connectivity index (χ2n) is 4.42. The highest BCUT2D eigenvalue weighted by Gasteiger charge is 2.11. The molecule has 1 N–H and O–H groups in total. The van der Waals surface area contributed by atoms with Gasteiger partial charge in [0.1, 0.15) is 0 Å². The van der Waals surface area contributed by atoms with Crippen molar-refractivity contribution in [1.82, 2.24) is 5.32 Å². The van der Waals surface area contributed by atoms with E-state index >= 15 is 0 Å². The van der Waals surface area contributed by atoms with E-state index in [1.165, 1.54) is 23.3 Å². The normalized spacial score (nSPS) is 12.6. The number of halogens is 1. The first-order valence-corrected chi connectivity index (χ1v) is 7.89. The molecule has 1 heterocycles. The van der Waals surface area contributed by atoms with Crippen molar-refractivity contribution >= 4 is 27.3 Å². The van der Waals surface area contributed by atoms with Crippen LogP contribution in [0, 0.1) is 0 Å². The van der Waals surface area contributed by atoms with Gasteiger partial charge in [-0.2, -0.15) is 0 Å². The molecule has 0 fully saturated rings. The minimum Gasteiger partial charge on any atom is -0.319 e. The van der Waals surface area contributed by atoms with E-state index in [0.29, 0.717) is 5.92 Å². The van der Waals surface area contributed by atoms with E-state index in [9.17, 15) is 0 Å². The van der Waals surface area contributed by atoms with Crippen LogP contribution in [0.4, 0.5) is 0 Å². The summed E-state index contributed by atoms with van der Waals surface area (Å²) in [7, 11) is 2.02. The molecule has 2 rings (SSSR count). The van der Waals surface area contributed by atoms with Crippen LogP contribution >= 0.6 is 27.3 Å². The van der Waals surface area contributed by atoms with Gasteiger partial charge >= 0.3 is 0 Å². The Kier molecular flexibility index (Phi) is 5.42. The van der Waals surface area contributed by atoms with Gasteiger partial charge in [0.05, 0.1) is 0 Å². The Morgan fingerprint density at radius 3 is 2.61 bits per heavy atom. The maximum atomic E-state index is 3.49. The summed E-state index contributed by atoms with van der Waals surface area (Å²) < 4.78 is 1.15. The second kappa shape index (κ2) is 7.07. The van der Waals surface area contributed by atoms with Crippen LogP contribution in [0.25, 0.3) is 0 Å². The van der Waals surface area contributed by atoms with Crippen molar-refractivity contribution < 1.29 is 0 Å². The number of nitrogens with one attached hydrogen (secondary N) is 1. The Hall–Kier alpha value is -0.640. The molecule has 0 aliphatic rings. The highest BCUT2D eigenvalue weighted by molar-refractivity contribution is 9.10. The molecule has 0 amide bonds. The second-order valence-corrected chi connectivity index (χ2v) is 6.37. The molecular weight excluding hydrogens is 306 g/mol. The van der Waals surface area contributed by atoms with Crippen LogP contribution in [-0.2, 0) is 6.42 Å². The Bertz CT molecular complexity index is 450. The zero-order valence-corrected chi connectivity index (χ0v) is 12.9. The number of hydrogen-bond donors (Lipinski definition) is 1. The average molecular weight is 324 g/mol. The van der Waals surface area contributed by atoms with E-state index in [0.717, 1.165) is 11.0 Å². The molecule has 0 radical (unpaired) electrons. The first-order chi connectivity index (χ1) is 8.79. The third-order valence-electron chi connectivity index (χ3n) is 3.11. The molecule has 0 saturated heterocycles. The SMILES string of the molecule is CNCC(CCc1cccs1)c1ccc(Br)cc1. The Balaban J connectivity index is 2.01. The van der Waals surface area contributed by atoms with Crippen molar-refractivity contribution in [3.8, 4) is 0 Å². The highest BCUT2D eigenvalue weighted by Crippen LogP contribution is 2.24. The molecule has 0 bridgehead atoms. The number of aryl methyl sites for hydroxylation is 1. The lowest BCUT2D eigenvalue weighted by Gasteiger charge is -2.16. The van der Waals surface area contributed by atoms with Crippen molar-refractivity contribution in [3.05, 3.63) is 56.7 Å². The van der Waals surface area contributed by atoms with Crippen LogP contribution in [0.1, 0.15) is 22.8 Å². The number of rotatable bonds is 6. The van der Waals surface area contributed by atoms with Crippen LogP contribution in [-0.4, -0.2) is 13.6 Å². The van der Waals surface area contributed by atoms with Gasteiger partial charge < -0.3 is 5.32 Å². The quantitative estimate of drug-likeness (QED) is 0.828. The topological polar surface area (TPSA) is 12.0 Å². The van der Waals surface area contributed by atoms with Gasteiger partial charge in [-0.1, -0.05) is 34.1 Å². The number of benzene rings is 1. The van der Waals surface area contributed by atoms with E-state index in [1.54, 1.807) is 0 Å². The molecule has 96 valence electrons. The van der Waals surface area contributed by atoms with E-state index < -0.39 is 0 Å². The van der Waals surface area contributed by atoms with Crippen LogP contribution in [0.2, 0.25) is 0 Å².